The maximum Gasteiger partial charge on any atom is 0.307 e. The highest BCUT2D eigenvalue weighted by Crippen LogP contribution is 2.22. The van der Waals surface area contributed by atoms with Gasteiger partial charge >= 0.3 is 5.97 Å². The molecule has 0 saturated carbocycles. The predicted molar refractivity (Wildman–Crippen MR) is 100 cm³/mol. The van der Waals surface area contributed by atoms with Crippen molar-refractivity contribution in [2.75, 3.05) is 13.7 Å². The predicted octanol–water partition coefficient (Wildman–Crippen LogP) is 2.52. The van der Waals surface area contributed by atoms with Crippen molar-refractivity contribution in [1.29, 1.82) is 0 Å². The fourth-order valence-electron chi connectivity index (χ4n) is 2.35. The lowest BCUT2D eigenvalue weighted by Gasteiger charge is -2.16. The molecule has 138 valence electrons. The maximum absolute atomic E-state index is 12.2. The van der Waals surface area contributed by atoms with E-state index in [2.05, 4.69) is 15.4 Å². The van der Waals surface area contributed by atoms with Crippen LogP contribution in [0.15, 0.2) is 35.7 Å². The van der Waals surface area contributed by atoms with Crippen LogP contribution < -0.4 is 10.6 Å². The first-order chi connectivity index (χ1) is 12.4. The van der Waals surface area contributed by atoms with Gasteiger partial charge in [-0.1, -0.05) is 12.1 Å². The monoisotopic (exact) mass is 374 g/mol. The number of hydrogen-bond donors (Lipinski definition) is 2. The van der Waals surface area contributed by atoms with E-state index in [0.29, 0.717) is 5.56 Å². The van der Waals surface area contributed by atoms with Crippen molar-refractivity contribution in [2.45, 2.75) is 26.3 Å². The first-order valence-electron chi connectivity index (χ1n) is 8.15. The number of rotatable bonds is 7. The molecule has 1 unspecified atom stereocenters. The third-order valence-corrected chi connectivity index (χ3v) is 4.98. The van der Waals surface area contributed by atoms with Crippen molar-refractivity contribution in [2.24, 2.45) is 0 Å². The van der Waals surface area contributed by atoms with Crippen LogP contribution in [0.4, 0.5) is 0 Å². The van der Waals surface area contributed by atoms with Gasteiger partial charge in [0.1, 0.15) is 0 Å². The number of esters is 1. The number of carbonyl (C=O) groups excluding carboxylic acids is 3. The number of nitrogens with one attached hydrogen (secondary N) is 2. The number of methoxy groups -OCH3 is 1. The van der Waals surface area contributed by atoms with E-state index in [4.69, 9.17) is 0 Å². The average molecular weight is 374 g/mol. The van der Waals surface area contributed by atoms with Crippen LogP contribution in [0.25, 0.3) is 0 Å². The molecule has 0 spiro atoms. The molecule has 26 heavy (non-hydrogen) atoms. The molecule has 0 fully saturated rings. The molecule has 0 aliphatic heterocycles. The van der Waals surface area contributed by atoms with E-state index < -0.39 is 12.0 Å². The molecule has 2 N–H and O–H groups in total. The lowest BCUT2D eigenvalue weighted by Crippen LogP contribution is -2.39. The van der Waals surface area contributed by atoms with Gasteiger partial charge in [-0.05, 0) is 48.6 Å². The molecule has 0 saturated heterocycles. The standard InChI is InChI=1S/C19H22N2O4S/c1-12-6-7-14(9-13(12)2)19(24)20-11-17(22)21-15(10-18(23)25-3)16-5-4-8-26-16/h4-9,15H,10-11H2,1-3H3,(H,20,24)(H,21,22). The zero-order valence-electron chi connectivity index (χ0n) is 15.0. The van der Waals surface area contributed by atoms with E-state index in [1.54, 1.807) is 12.1 Å². The molecule has 0 aliphatic carbocycles. The molecule has 6 nitrogen and oxygen atoms in total. The molecule has 1 aromatic heterocycles. The number of carbonyl (C=O) groups is 3. The smallest absolute Gasteiger partial charge is 0.307 e. The third-order valence-electron chi connectivity index (χ3n) is 4.00. The zero-order valence-corrected chi connectivity index (χ0v) is 15.8. The summed E-state index contributed by atoms with van der Waals surface area (Å²) in [5, 5.41) is 7.24. The van der Waals surface area contributed by atoms with Gasteiger partial charge in [-0.15, -0.1) is 11.3 Å². The summed E-state index contributed by atoms with van der Waals surface area (Å²) in [6, 6.07) is 8.58. The average Bonchev–Trinajstić information content (AvgIpc) is 3.16. The molecule has 0 bridgehead atoms. The Kier molecular flexibility index (Phi) is 6.91. The highest BCUT2D eigenvalue weighted by Gasteiger charge is 2.20. The van der Waals surface area contributed by atoms with E-state index in [1.165, 1.54) is 18.4 Å². The Balaban J connectivity index is 1.94. The summed E-state index contributed by atoms with van der Waals surface area (Å²) in [6.07, 6.45) is 0.0356. The first-order valence-corrected chi connectivity index (χ1v) is 9.03. The minimum Gasteiger partial charge on any atom is -0.469 e. The molecule has 0 radical (unpaired) electrons. The van der Waals surface area contributed by atoms with E-state index in [0.717, 1.165) is 16.0 Å². The van der Waals surface area contributed by atoms with Crippen LogP contribution in [-0.2, 0) is 14.3 Å². The van der Waals surface area contributed by atoms with Gasteiger partial charge in [0.15, 0.2) is 0 Å². The van der Waals surface area contributed by atoms with E-state index in [1.807, 2.05) is 37.4 Å². The lowest BCUT2D eigenvalue weighted by molar-refractivity contribution is -0.141. The van der Waals surface area contributed by atoms with Crippen LogP contribution in [-0.4, -0.2) is 31.4 Å². The Hall–Kier alpha value is -2.67. The number of thiophene rings is 1. The van der Waals surface area contributed by atoms with Crippen LogP contribution in [0.2, 0.25) is 0 Å². The van der Waals surface area contributed by atoms with Crippen LogP contribution in [0, 0.1) is 13.8 Å². The van der Waals surface area contributed by atoms with Crippen molar-refractivity contribution < 1.29 is 19.1 Å². The van der Waals surface area contributed by atoms with Gasteiger partial charge in [0, 0.05) is 10.4 Å². The van der Waals surface area contributed by atoms with Gasteiger partial charge < -0.3 is 15.4 Å². The molecule has 1 heterocycles. The van der Waals surface area contributed by atoms with Crippen molar-refractivity contribution in [3.63, 3.8) is 0 Å². The van der Waals surface area contributed by atoms with Crippen LogP contribution in [0.1, 0.15) is 38.8 Å². The van der Waals surface area contributed by atoms with E-state index >= 15 is 0 Å². The fourth-order valence-corrected chi connectivity index (χ4v) is 3.13. The number of hydrogen-bond acceptors (Lipinski definition) is 5. The molecule has 2 rings (SSSR count). The van der Waals surface area contributed by atoms with Gasteiger partial charge in [-0.25, -0.2) is 0 Å². The summed E-state index contributed by atoms with van der Waals surface area (Å²) >= 11 is 1.44. The second kappa shape index (κ2) is 9.15. The highest BCUT2D eigenvalue weighted by atomic mass is 32.1. The van der Waals surface area contributed by atoms with Crippen molar-refractivity contribution in [3.05, 3.63) is 57.3 Å². The van der Waals surface area contributed by atoms with Gasteiger partial charge in [-0.2, -0.15) is 0 Å². The number of ether oxygens (including phenoxy) is 1. The SMILES string of the molecule is COC(=O)CC(NC(=O)CNC(=O)c1ccc(C)c(C)c1)c1cccs1. The number of amides is 2. The van der Waals surface area contributed by atoms with Crippen molar-refractivity contribution in [1.82, 2.24) is 10.6 Å². The van der Waals surface area contributed by atoms with Gasteiger partial charge in [0.2, 0.25) is 5.91 Å². The normalized spacial score (nSPS) is 11.5. The molecule has 2 amide bonds. The Morgan fingerprint density at radius 2 is 1.92 bits per heavy atom. The summed E-state index contributed by atoms with van der Waals surface area (Å²) < 4.78 is 4.68. The number of benzene rings is 1. The molecule has 0 aliphatic rings. The topological polar surface area (TPSA) is 84.5 Å². The summed E-state index contributed by atoms with van der Waals surface area (Å²) in [5.74, 6) is -1.10. The molecular weight excluding hydrogens is 352 g/mol. The Morgan fingerprint density at radius 1 is 1.15 bits per heavy atom. The summed E-state index contributed by atoms with van der Waals surface area (Å²) in [6.45, 7) is 3.72. The maximum atomic E-state index is 12.2. The minimum atomic E-state index is -0.478. The summed E-state index contributed by atoms with van der Waals surface area (Å²) in [4.78, 5) is 36.8. The molecule has 1 atom stereocenters. The van der Waals surface area contributed by atoms with Gasteiger partial charge in [0.05, 0.1) is 26.1 Å². The van der Waals surface area contributed by atoms with Crippen molar-refractivity contribution >= 4 is 29.1 Å². The van der Waals surface area contributed by atoms with E-state index in [-0.39, 0.29) is 24.8 Å². The van der Waals surface area contributed by atoms with E-state index in [9.17, 15) is 14.4 Å². The zero-order chi connectivity index (χ0) is 19.1. The molecule has 2 aromatic rings. The second-order valence-corrected chi connectivity index (χ2v) is 6.88. The number of aryl methyl sites for hydroxylation is 2. The van der Waals surface area contributed by atoms with Gasteiger partial charge in [0.25, 0.3) is 5.91 Å². The molecule has 7 heteroatoms. The van der Waals surface area contributed by atoms with Crippen molar-refractivity contribution in [3.8, 4) is 0 Å². The van der Waals surface area contributed by atoms with Gasteiger partial charge in [-0.3, -0.25) is 14.4 Å². The first kappa shape index (κ1) is 19.7. The summed E-state index contributed by atoms with van der Waals surface area (Å²) in [7, 11) is 1.30. The molecular formula is C19H22N2O4S. The summed E-state index contributed by atoms with van der Waals surface area (Å²) in [5.41, 5.74) is 2.61. The van der Waals surface area contributed by atoms with Crippen LogP contribution in [0.3, 0.4) is 0 Å². The second-order valence-electron chi connectivity index (χ2n) is 5.90. The molecule has 1 aromatic carbocycles. The van der Waals surface area contributed by atoms with Crippen LogP contribution >= 0.6 is 11.3 Å². The Bertz CT molecular complexity index is 787. The minimum absolute atomic E-state index is 0.0356. The lowest BCUT2D eigenvalue weighted by atomic mass is 10.1. The Morgan fingerprint density at radius 3 is 2.54 bits per heavy atom. The highest BCUT2D eigenvalue weighted by molar-refractivity contribution is 7.10. The Labute approximate surface area is 156 Å². The largest absolute Gasteiger partial charge is 0.469 e. The quantitative estimate of drug-likeness (QED) is 0.730. The van der Waals surface area contributed by atoms with Crippen LogP contribution in [0.5, 0.6) is 0 Å². The fraction of sp³-hybridized carbons (Fsp3) is 0.316. The third kappa shape index (κ3) is 5.42.